The molecule has 1 aromatic carbocycles. The molecule has 0 bridgehead atoms. The Morgan fingerprint density at radius 2 is 2.15 bits per heavy atom. The van der Waals surface area contributed by atoms with Gasteiger partial charge in [-0.05, 0) is 19.2 Å². The van der Waals surface area contributed by atoms with Crippen LogP contribution in [0.2, 0.25) is 0 Å². The third-order valence-electron chi connectivity index (χ3n) is 2.66. The number of rotatable bonds is 4. The van der Waals surface area contributed by atoms with Crippen LogP contribution in [0.4, 0.5) is 0 Å². The van der Waals surface area contributed by atoms with Crippen LogP contribution in [-0.4, -0.2) is 28.8 Å². The van der Waals surface area contributed by atoms with Crippen molar-refractivity contribution < 1.29 is 9.53 Å². The van der Waals surface area contributed by atoms with Crippen molar-refractivity contribution in [3.8, 4) is 11.4 Å². The van der Waals surface area contributed by atoms with E-state index in [0.29, 0.717) is 5.82 Å². The number of ether oxygens (including phenoxy) is 1. The molecule has 2 rings (SSSR count). The Bertz CT molecular complexity index is 682. The van der Waals surface area contributed by atoms with Gasteiger partial charge in [-0.3, -0.25) is 4.79 Å². The Hall–Kier alpha value is -2.08. The molecule has 0 unspecified atom stereocenters. The van der Waals surface area contributed by atoms with E-state index in [2.05, 4.69) is 9.97 Å². The number of carbonyl (C=O) groups excluding carboxylic acids is 1. The molecule has 0 saturated carbocycles. The second-order valence-corrected chi connectivity index (χ2v) is 4.74. The highest BCUT2D eigenvalue weighted by Gasteiger charge is 2.14. The summed E-state index contributed by atoms with van der Waals surface area (Å²) in [4.78, 5) is 31.3. The van der Waals surface area contributed by atoms with E-state index >= 15 is 0 Å². The predicted octanol–water partition coefficient (Wildman–Crippen LogP) is 2.34. The number of aromatic nitrogens is 2. The molecule has 20 heavy (non-hydrogen) atoms. The van der Waals surface area contributed by atoms with Crippen LogP contribution in [0.1, 0.15) is 17.3 Å². The fraction of sp³-hybridized carbons (Fsp3) is 0.214. The highest BCUT2D eigenvalue weighted by molar-refractivity contribution is 7.98. The number of H-pyrrole nitrogens is 1. The summed E-state index contributed by atoms with van der Waals surface area (Å²) in [6.45, 7) is 1.90. The molecule has 6 heteroatoms. The average molecular weight is 290 g/mol. The molecule has 0 saturated heterocycles. The van der Waals surface area contributed by atoms with Gasteiger partial charge in [0.25, 0.3) is 5.56 Å². The van der Waals surface area contributed by atoms with E-state index < -0.39 is 11.5 Å². The molecule has 0 aliphatic carbocycles. The smallest absolute Gasteiger partial charge is 0.345 e. The molecule has 0 fully saturated rings. The van der Waals surface area contributed by atoms with Gasteiger partial charge in [-0.2, -0.15) is 0 Å². The van der Waals surface area contributed by atoms with Crippen molar-refractivity contribution in [3.05, 3.63) is 46.4 Å². The van der Waals surface area contributed by atoms with E-state index in [4.69, 9.17) is 4.74 Å². The Kier molecular flexibility index (Phi) is 4.57. The molecule has 5 nitrogen and oxygen atoms in total. The molecule has 2 aromatic rings. The van der Waals surface area contributed by atoms with Gasteiger partial charge in [0.1, 0.15) is 11.4 Å². The number of nitrogens with one attached hydrogen (secondary N) is 1. The highest BCUT2D eigenvalue weighted by atomic mass is 32.2. The maximum atomic E-state index is 11.9. The summed E-state index contributed by atoms with van der Waals surface area (Å²) in [5.74, 6) is -0.223. The first kappa shape index (κ1) is 14.3. The first-order valence-electron chi connectivity index (χ1n) is 6.07. The fourth-order valence-corrected chi connectivity index (χ4v) is 2.33. The number of hydrogen-bond acceptors (Lipinski definition) is 5. The minimum atomic E-state index is -0.661. The molecule has 1 N–H and O–H groups in total. The number of hydrogen-bond donors (Lipinski definition) is 1. The van der Waals surface area contributed by atoms with Gasteiger partial charge < -0.3 is 9.72 Å². The highest BCUT2D eigenvalue weighted by Crippen LogP contribution is 2.26. The Balaban J connectivity index is 2.43. The second-order valence-electron chi connectivity index (χ2n) is 3.90. The van der Waals surface area contributed by atoms with Crippen LogP contribution in [0.3, 0.4) is 0 Å². The third kappa shape index (κ3) is 2.91. The quantitative estimate of drug-likeness (QED) is 0.691. The Morgan fingerprint density at radius 3 is 2.80 bits per heavy atom. The summed E-state index contributed by atoms with van der Waals surface area (Å²) in [5, 5.41) is 0. The monoisotopic (exact) mass is 290 g/mol. The van der Waals surface area contributed by atoms with Gasteiger partial charge in [0, 0.05) is 16.7 Å². The van der Waals surface area contributed by atoms with E-state index in [1.54, 1.807) is 18.7 Å². The van der Waals surface area contributed by atoms with Gasteiger partial charge >= 0.3 is 5.97 Å². The van der Waals surface area contributed by atoms with Crippen LogP contribution < -0.4 is 5.56 Å². The SMILES string of the molecule is CCOC(=O)c1cnc(-c2ccccc2SC)[nH]c1=O. The Labute approximate surface area is 120 Å². The van der Waals surface area contributed by atoms with Crippen LogP contribution in [0.15, 0.2) is 40.2 Å². The normalized spacial score (nSPS) is 10.3. The number of thioether (sulfide) groups is 1. The zero-order valence-corrected chi connectivity index (χ0v) is 12.0. The maximum absolute atomic E-state index is 11.9. The fourth-order valence-electron chi connectivity index (χ4n) is 1.73. The van der Waals surface area contributed by atoms with E-state index in [0.717, 1.165) is 10.5 Å². The predicted molar refractivity (Wildman–Crippen MR) is 78.0 cm³/mol. The number of aromatic amines is 1. The standard InChI is InChI=1S/C14H14N2O3S/c1-3-19-14(18)10-8-15-12(16-13(10)17)9-6-4-5-7-11(9)20-2/h4-8H,3H2,1-2H3,(H,15,16,17). The van der Waals surface area contributed by atoms with Gasteiger partial charge in [-0.1, -0.05) is 18.2 Å². The lowest BCUT2D eigenvalue weighted by atomic mass is 10.2. The van der Waals surface area contributed by atoms with Crippen molar-refractivity contribution in [1.82, 2.24) is 9.97 Å². The molecular weight excluding hydrogens is 276 g/mol. The van der Waals surface area contributed by atoms with Crippen LogP contribution >= 0.6 is 11.8 Å². The molecule has 0 atom stereocenters. The Morgan fingerprint density at radius 1 is 1.40 bits per heavy atom. The topological polar surface area (TPSA) is 72.0 Å². The number of nitrogens with zero attached hydrogens (tertiary/aromatic N) is 1. The van der Waals surface area contributed by atoms with Crippen LogP contribution in [0.25, 0.3) is 11.4 Å². The molecule has 0 aliphatic heterocycles. The number of esters is 1. The van der Waals surface area contributed by atoms with E-state index in [9.17, 15) is 9.59 Å². The minimum Gasteiger partial charge on any atom is -0.462 e. The van der Waals surface area contributed by atoms with E-state index in [1.165, 1.54) is 6.20 Å². The lowest BCUT2D eigenvalue weighted by molar-refractivity contribution is 0.0524. The van der Waals surface area contributed by atoms with Crippen molar-refractivity contribution in [1.29, 1.82) is 0 Å². The molecule has 0 amide bonds. The molecule has 0 spiro atoms. The van der Waals surface area contributed by atoms with Gasteiger partial charge in [0.15, 0.2) is 0 Å². The van der Waals surface area contributed by atoms with Gasteiger partial charge in [0.2, 0.25) is 0 Å². The minimum absolute atomic E-state index is 0.0859. The van der Waals surface area contributed by atoms with Gasteiger partial charge in [-0.25, -0.2) is 9.78 Å². The number of benzene rings is 1. The molecule has 0 aliphatic rings. The molecule has 1 heterocycles. The van der Waals surface area contributed by atoms with Gasteiger partial charge in [0.05, 0.1) is 6.61 Å². The molecule has 0 radical (unpaired) electrons. The summed E-state index contributed by atoms with van der Waals surface area (Å²) in [6, 6.07) is 7.60. The number of carbonyl (C=O) groups is 1. The molecular formula is C14H14N2O3S. The summed E-state index contributed by atoms with van der Waals surface area (Å²) < 4.78 is 4.80. The zero-order chi connectivity index (χ0) is 14.5. The third-order valence-corrected chi connectivity index (χ3v) is 3.45. The second kappa shape index (κ2) is 6.38. The van der Waals surface area contributed by atoms with E-state index in [-0.39, 0.29) is 12.2 Å². The summed E-state index contributed by atoms with van der Waals surface area (Å²) in [5.41, 5.74) is 0.245. The van der Waals surface area contributed by atoms with Crippen molar-refractivity contribution in [2.24, 2.45) is 0 Å². The van der Waals surface area contributed by atoms with Crippen molar-refractivity contribution >= 4 is 17.7 Å². The van der Waals surface area contributed by atoms with Crippen LogP contribution in [0, 0.1) is 0 Å². The summed E-state index contributed by atoms with van der Waals surface area (Å²) in [7, 11) is 0. The molecule has 104 valence electrons. The lowest BCUT2D eigenvalue weighted by Crippen LogP contribution is -2.21. The van der Waals surface area contributed by atoms with Crippen molar-refractivity contribution in [3.63, 3.8) is 0 Å². The van der Waals surface area contributed by atoms with Crippen LogP contribution in [-0.2, 0) is 4.74 Å². The maximum Gasteiger partial charge on any atom is 0.345 e. The first-order valence-corrected chi connectivity index (χ1v) is 7.29. The van der Waals surface area contributed by atoms with E-state index in [1.807, 2.05) is 30.5 Å². The summed E-state index contributed by atoms with van der Waals surface area (Å²) in [6.07, 6.45) is 3.20. The lowest BCUT2D eigenvalue weighted by Gasteiger charge is -2.07. The molecule has 1 aromatic heterocycles. The van der Waals surface area contributed by atoms with Crippen LogP contribution in [0.5, 0.6) is 0 Å². The largest absolute Gasteiger partial charge is 0.462 e. The van der Waals surface area contributed by atoms with Crippen molar-refractivity contribution in [2.45, 2.75) is 11.8 Å². The average Bonchev–Trinajstić information content (AvgIpc) is 2.47. The van der Waals surface area contributed by atoms with Crippen molar-refractivity contribution in [2.75, 3.05) is 12.9 Å². The first-order chi connectivity index (χ1) is 9.67. The summed E-state index contributed by atoms with van der Waals surface area (Å²) >= 11 is 1.56. The zero-order valence-electron chi connectivity index (χ0n) is 11.2. The van der Waals surface area contributed by atoms with Gasteiger partial charge in [-0.15, -0.1) is 11.8 Å².